The Morgan fingerprint density at radius 2 is 2.00 bits per heavy atom. The first-order chi connectivity index (χ1) is 11.1. The maximum absolute atomic E-state index is 13.0. The van der Waals surface area contributed by atoms with Crippen molar-refractivity contribution < 1.29 is 27.8 Å². The van der Waals surface area contributed by atoms with E-state index in [2.05, 4.69) is 5.10 Å². The highest BCUT2D eigenvalue weighted by molar-refractivity contribution is 5.89. The predicted octanol–water partition coefficient (Wildman–Crippen LogP) is 2.38. The van der Waals surface area contributed by atoms with E-state index >= 15 is 0 Å². The lowest BCUT2D eigenvalue weighted by molar-refractivity contribution is -0.155. The average Bonchev–Trinajstić information content (AvgIpc) is 2.97. The van der Waals surface area contributed by atoms with Crippen molar-refractivity contribution in [2.24, 2.45) is 5.92 Å². The maximum atomic E-state index is 13.0. The van der Waals surface area contributed by atoms with Gasteiger partial charge >= 0.3 is 11.9 Å². The quantitative estimate of drug-likeness (QED) is 0.767. The summed E-state index contributed by atoms with van der Waals surface area (Å²) in [6.45, 7) is 6.78. The zero-order valence-electron chi connectivity index (χ0n) is 14.3. The summed E-state index contributed by atoms with van der Waals surface area (Å²) in [5.41, 5.74) is 0.276. The standard InChI is InChI=1S/C16H22F2N2O4/c1-5-23-15(22)13-10-6-9(14(17)18)7-11(10)20(19-13)8-12(21)24-16(2,3)4/h9,14H,5-8H2,1-4H3. The number of hydrogen-bond donors (Lipinski definition) is 0. The van der Waals surface area contributed by atoms with Crippen LogP contribution in [0.1, 0.15) is 49.4 Å². The second-order valence-electron chi connectivity index (χ2n) is 6.74. The molecule has 0 spiro atoms. The highest BCUT2D eigenvalue weighted by atomic mass is 19.3. The van der Waals surface area contributed by atoms with Crippen molar-refractivity contribution in [3.05, 3.63) is 17.0 Å². The molecular formula is C16H22F2N2O4. The number of ether oxygens (including phenoxy) is 2. The summed E-state index contributed by atoms with van der Waals surface area (Å²) in [7, 11) is 0. The third-order valence-electron chi connectivity index (χ3n) is 3.61. The molecule has 0 saturated heterocycles. The number of carbonyl (C=O) groups excluding carboxylic acids is 2. The number of aromatic nitrogens is 2. The van der Waals surface area contributed by atoms with Gasteiger partial charge in [0, 0.05) is 17.2 Å². The van der Waals surface area contributed by atoms with Crippen molar-refractivity contribution in [1.29, 1.82) is 0 Å². The summed E-state index contributed by atoms with van der Waals surface area (Å²) in [6, 6.07) is 0. The highest BCUT2D eigenvalue weighted by Crippen LogP contribution is 2.33. The van der Waals surface area contributed by atoms with Gasteiger partial charge in [0.1, 0.15) is 12.1 Å². The minimum atomic E-state index is -2.50. The molecular weight excluding hydrogens is 322 g/mol. The highest BCUT2D eigenvalue weighted by Gasteiger charge is 2.37. The van der Waals surface area contributed by atoms with Gasteiger partial charge in [0.15, 0.2) is 5.69 Å². The lowest BCUT2D eigenvalue weighted by atomic mass is 10.1. The number of esters is 2. The summed E-state index contributed by atoms with van der Waals surface area (Å²) in [6.07, 6.45) is -2.38. The second-order valence-corrected chi connectivity index (χ2v) is 6.74. The van der Waals surface area contributed by atoms with Crippen molar-refractivity contribution in [3.8, 4) is 0 Å². The molecule has 0 N–H and O–H groups in total. The Labute approximate surface area is 139 Å². The Bertz CT molecular complexity index is 635. The van der Waals surface area contributed by atoms with Gasteiger partial charge in [-0.1, -0.05) is 0 Å². The molecule has 8 heteroatoms. The van der Waals surface area contributed by atoms with Crippen LogP contribution < -0.4 is 0 Å². The molecule has 0 radical (unpaired) electrons. The number of hydrogen-bond acceptors (Lipinski definition) is 5. The normalized spacial score (nSPS) is 17.0. The Morgan fingerprint density at radius 1 is 1.33 bits per heavy atom. The molecule has 1 aliphatic carbocycles. The molecule has 134 valence electrons. The zero-order valence-corrected chi connectivity index (χ0v) is 14.3. The number of fused-ring (bicyclic) bond motifs is 1. The van der Waals surface area contributed by atoms with Crippen molar-refractivity contribution in [3.63, 3.8) is 0 Å². The molecule has 0 aliphatic heterocycles. The lowest BCUT2D eigenvalue weighted by Gasteiger charge is -2.19. The van der Waals surface area contributed by atoms with Crippen LogP contribution in [0.4, 0.5) is 8.78 Å². The largest absolute Gasteiger partial charge is 0.461 e. The first-order valence-corrected chi connectivity index (χ1v) is 7.88. The van der Waals surface area contributed by atoms with Gasteiger partial charge in [-0.2, -0.15) is 5.10 Å². The summed E-state index contributed by atoms with van der Waals surface area (Å²) in [4.78, 5) is 24.0. The van der Waals surface area contributed by atoms with Crippen molar-refractivity contribution in [2.45, 2.75) is 59.1 Å². The molecule has 1 atom stereocenters. The van der Waals surface area contributed by atoms with Crippen LogP contribution in [0, 0.1) is 5.92 Å². The van der Waals surface area contributed by atoms with Crippen LogP contribution in [0.15, 0.2) is 0 Å². The minimum absolute atomic E-state index is 0.0126. The molecule has 1 unspecified atom stereocenters. The number of rotatable bonds is 5. The Balaban J connectivity index is 2.28. The molecule has 1 aliphatic rings. The summed E-state index contributed by atoms with van der Waals surface area (Å²) in [5.74, 6) is -2.08. The van der Waals surface area contributed by atoms with Crippen LogP contribution in [-0.2, 0) is 33.7 Å². The summed E-state index contributed by atoms with van der Waals surface area (Å²) in [5, 5.41) is 4.11. The molecule has 0 aromatic carbocycles. The Morgan fingerprint density at radius 3 is 2.54 bits per heavy atom. The number of carbonyl (C=O) groups is 2. The van der Waals surface area contributed by atoms with Crippen molar-refractivity contribution in [1.82, 2.24) is 9.78 Å². The molecule has 1 aromatic heterocycles. The third kappa shape index (κ3) is 4.10. The SMILES string of the molecule is CCOC(=O)c1nn(CC(=O)OC(C)(C)C)c2c1CC(C(F)F)C2. The van der Waals surface area contributed by atoms with Gasteiger partial charge in [-0.25, -0.2) is 13.6 Å². The van der Waals surface area contributed by atoms with Crippen LogP contribution in [-0.4, -0.2) is 40.4 Å². The smallest absolute Gasteiger partial charge is 0.359 e. The Hall–Kier alpha value is -1.99. The van der Waals surface area contributed by atoms with E-state index in [-0.39, 0.29) is 31.7 Å². The van der Waals surface area contributed by atoms with E-state index in [1.807, 2.05) is 0 Å². The fourth-order valence-corrected chi connectivity index (χ4v) is 2.73. The second kappa shape index (κ2) is 6.86. The third-order valence-corrected chi connectivity index (χ3v) is 3.61. The molecule has 0 saturated carbocycles. The number of alkyl halides is 2. The number of nitrogens with zero attached hydrogens (tertiary/aromatic N) is 2. The van der Waals surface area contributed by atoms with E-state index < -0.39 is 29.9 Å². The van der Waals surface area contributed by atoms with Gasteiger partial charge in [-0.15, -0.1) is 0 Å². The van der Waals surface area contributed by atoms with E-state index in [9.17, 15) is 18.4 Å². The van der Waals surface area contributed by atoms with E-state index in [1.54, 1.807) is 27.7 Å². The molecule has 0 amide bonds. The van der Waals surface area contributed by atoms with Crippen LogP contribution in [0.2, 0.25) is 0 Å². The molecule has 6 nitrogen and oxygen atoms in total. The molecule has 1 heterocycles. The van der Waals surface area contributed by atoms with Crippen LogP contribution in [0.25, 0.3) is 0 Å². The molecule has 24 heavy (non-hydrogen) atoms. The van der Waals surface area contributed by atoms with Crippen molar-refractivity contribution in [2.75, 3.05) is 6.61 Å². The fraction of sp³-hybridized carbons (Fsp3) is 0.688. The van der Waals surface area contributed by atoms with Gasteiger partial charge in [0.05, 0.1) is 6.61 Å². The van der Waals surface area contributed by atoms with Crippen LogP contribution in [0.5, 0.6) is 0 Å². The number of halogens is 2. The molecule has 1 aromatic rings. The van der Waals surface area contributed by atoms with E-state index in [1.165, 1.54) is 4.68 Å². The first kappa shape index (κ1) is 18.4. The molecule has 0 bridgehead atoms. The van der Waals surface area contributed by atoms with E-state index in [0.717, 1.165) is 0 Å². The fourth-order valence-electron chi connectivity index (χ4n) is 2.73. The van der Waals surface area contributed by atoms with Gasteiger partial charge in [-0.05, 0) is 40.5 Å². The van der Waals surface area contributed by atoms with Crippen LogP contribution in [0.3, 0.4) is 0 Å². The minimum Gasteiger partial charge on any atom is -0.461 e. The average molecular weight is 344 g/mol. The zero-order chi connectivity index (χ0) is 18.1. The van der Waals surface area contributed by atoms with Gasteiger partial charge in [0.2, 0.25) is 6.43 Å². The van der Waals surface area contributed by atoms with E-state index in [0.29, 0.717) is 11.3 Å². The van der Waals surface area contributed by atoms with Gasteiger partial charge in [-0.3, -0.25) is 9.48 Å². The van der Waals surface area contributed by atoms with Gasteiger partial charge < -0.3 is 9.47 Å². The molecule has 2 rings (SSSR count). The van der Waals surface area contributed by atoms with E-state index in [4.69, 9.17) is 9.47 Å². The van der Waals surface area contributed by atoms with Gasteiger partial charge in [0.25, 0.3) is 0 Å². The Kier molecular flexibility index (Phi) is 5.25. The summed E-state index contributed by atoms with van der Waals surface area (Å²) < 4.78 is 37.5. The lowest BCUT2D eigenvalue weighted by Crippen LogP contribution is -2.27. The van der Waals surface area contributed by atoms with Crippen LogP contribution >= 0.6 is 0 Å². The topological polar surface area (TPSA) is 70.4 Å². The summed E-state index contributed by atoms with van der Waals surface area (Å²) >= 11 is 0. The van der Waals surface area contributed by atoms with Crippen molar-refractivity contribution >= 4 is 11.9 Å². The predicted molar refractivity (Wildman–Crippen MR) is 80.9 cm³/mol. The maximum Gasteiger partial charge on any atom is 0.359 e. The molecule has 0 fully saturated rings. The first-order valence-electron chi connectivity index (χ1n) is 7.88. The monoisotopic (exact) mass is 344 g/mol.